The summed E-state index contributed by atoms with van der Waals surface area (Å²) in [5.74, 6) is 0.862. The number of rotatable bonds is 12. The number of nitrogens with one attached hydrogen (secondary N) is 1. The summed E-state index contributed by atoms with van der Waals surface area (Å²) in [6.07, 6.45) is 1.01. The number of anilines is 1. The zero-order valence-electron chi connectivity index (χ0n) is 20.9. The van der Waals surface area contributed by atoms with E-state index in [0.29, 0.717) is 23.8 Å². The second kappa shape index (κ2) is 13.1. The summed E-state index contributed by atoms with van der Waals surface area (Å²) in [4.78, 5) is 40.5. The summed E-state index contributed by atoms with van der Waals surface area (Å²) < 4.78 is 43.6. The third kappa shape index (κ3) is 8.51. The molecule has 2 aliphatic rings. The smallest absolute Gasteiger partial charge is 0.351 e. The Labute approximate surface area is 224 Å². The van der Waals surface area contributed by atoms with E-state index in [-0.39, 0.29) is 0 Å². The highest BCUT2D eigenvalue weighted by atomic mass is 31.3. The summed E-state index contributed by atoms with van der Waals surface area (Å²) >= 11 is 0. The minimum atomic E-state index is -5.47. The quantitative estimate of drug-likeness (QED) is 0.297. The lowest BCUT2D eigenvalue weighted by Crippen LogP contribution is -2.36. The molecule has 6 atom stereocenters. The molecule has 1 aliphatic heterocycles. The Kier molecular flexibility index (Phi) is 10.1. The Morgan fingerprint density at radius 3 is 2.41 bits per heavy atom. The van der Waals surface area contributed by atoms with E-state index in [0.717, 1.165) is 17.4 Å². The van der Waals surface area contributed by atoms with Gasteiger partial charge in [0.2, 0.25) is 0 Å². The van der Waals surface area contributed by atoms with Gasteiger partial charge in [0, 0.05) is 12.7 Å². The maximum Gasteiger partial charge on any atom is 0.351 e. The van der Waals surface area contributed by atoms with Crippen molar-refractivity contribution < 1.29 is 47.2 Å². The predicted octanol–water partition coefficient (Wildman–Crippen LogP) is 1.04. The minimum Gasteiger partial charge on any atom is -0.756 e. The minimum absolute atomic E-state index is 0.357. The van der Waals surface area contributed by atoms with Crippen LogP contribution in [0.4, 0.5) is 5.82 Å². The molecule has 16 heteroatoms. The summed E-state index contributed by atoms with van der Waals surface area (Å²) in [5.41, 5.74) is -0.304. The molecule has 2 aromatic rings. The number of hydrogen-bond acceptors (Lipinski definition) is 13. The first-order chi connectivity index (χ1) is 18.5. The molecule has 3 unspecified atom stereocenters. The predicted molar refractivity (Wildman–Crippen MR) is 133 cm³/mol. The number of aliphatic hydroxyl groups excluding tert-OH is 2. The molecule has 0 radical (unpaired) electrons. The van der Waals surface area contributed by atoms with Crippen molar-refractivity contribution in [2.75, 3.05) is 18.5 Å². The van der Waals surface area contributed by atoms with Crippen LogP contribution in [-0.4, -0.2) is 51.2 Å². The van der Waals surface area contributed by atoms with Crippen molar-refractivity contribution in [1.29, 1.82) is 0 Å². The van der Waals surface area contributed by atoms with Crippen LogP contribution < -0.4 is 20.8 Å². The van der Waals surface area contributed by atoms with E-state index < -0.39 is 59.1 Å². The SMILES string of the molecule is O=c1nc(NCC2CCCCC2)ccn1[C@@H]1O[C@H](COP(=O)([O-])OP(=O)([O-])OCc2ccccc2)C(O)[C@@H]1O. The Morgan fingerprint density at radius 1 is 1.03 bits per heavy atom. The van der Waals surface area contributed by atoms with Crippen molar-refractivity contribution in [3.05, 3.63) is 58.6 Å². The Balaban J connectivity index is 1.30. The molecule has 216 valence electrons. The lowest BCUT2D eigenvalue weighted by molar-refractivity contribution is -0.246. The highest BCUT2D eigenvalue weighted by Gasteiger charge is 2.44. The van der Waals surface area contributed by atoms with E-state index in [2.05, 4.69) is 23.7 Å². The van der Waals surface area contributed by atoms with Gasteiger partial charge in [0.05, 0.1) is 13.2 Å². The fourth-order valence-corrected chi connectivity index (χ4v) is 6.50. The topological polar surface area (TPSA) is 205 Å². The van der Waals surface area contributed by atoms with Gasteiger partial charge in [-0.05, 0) is 30.4 Å². The zero-order chi connectivity index (χ0) is 28.0. The number of aromatic nitrogens is 2. The Hall–Kier alpha value is -1.96. The normalized spacial score (nSPS) is 27.1. The average molecular weight is 587 g/mol. The van der Waals surface area contributed by atoms with Crippen molar-refractivity contribution in [1.82, 2.24) is 9.55 Å². The van der Waals surface area contributed by atoms with E-state index in [4.69, 9.17) is 4.74 Å². The molecule has 0 bridgehead atoms. The highest BCUT2D eigenvalue weighted by molar-refractivity contribution is 7.59. The van der Waals surface area contributed by atoms with Crippen molar-refractivity contribution in [2.45, 2.75) is 63.3 Å². The van der Waals surface area contributed by atoms with Crippen LogP contribution >= 0.6 is 15.6 Å². The zero-order valence-corrected chi connectivity index (χ0v) is 22.7. The molecule has 39 heavy (non-hydrogen) atoms. The molecule has 1 saturated heterocycles. The molecular formula is C23H31N3O11P2-2. The van der Waals surface area contributed by atoms with Crippen LogP contribution in [0.2, 0.25) is 0 Å². The molecule has 1 aromatic heterocycles. The van der Waals surface area contributed by atoms with Crippen LogP contribution in [0.15, 0.2) is 47.4 Å². The van der Waals surface area contributed by atoms with Gasteiger partial charge in [0.15, 0.2) is 6.23 Å². The van der Waals surface area contributed by atoms with Gasteiger partial charge in [-0.2, -0.15) is 4.98 Å². The Morgan fingerprint density at radius 2 is 1.72 bits per heavy atom. The number of phosphoric acid groups is 2. The van der Waals surface area contributed by atoms with E-state index >= 15 is 0 Å². The van der Waals surface area contributed by atoms with Crippen molar-refractivity contribution in [3.8, 4) is 0 Å². The molecule has 2 fully saturated rings. The van der Waals surface area contributed by atoms with E-state index in [1.807, 2.05) is 0 Å². The maximum atomic E-state index is 12.6. The van der Waals surface area contributed by atoms with Gasteiger partial charge in [-0.25, -0.2) is 9.11 Å². The van der Waals surface area contributed by atoms with Crippen LogP contribution in [0.3, 0.4) is 0 Å². The third-order valence-electron chi connectivity index (χ3n) is 6.57. The molecule has 0 spiro atoms. The number of ether oxygens (including phenoxy) is 1. The molecule has 4 rings (SSSR count). The van der Waals surface area contributed by atoms with E-state index in [1.54, 1.807) is 30.3 Å². The molecule has 1 aliphatic carbocycles. The maximum absolute atomic E-state index is 12.6. The first kappa shape index (κ1) is 30.0. The molecule has 1 aromatic carbocycles. The fraction of sp³-hybridized carbons (Fsp3) is 0.565. The average Bonchev–Trinajstić information content (AvgIpc) is 3.19. The second-order valence-electron chi connectivity index (χ2n) is 9.46. The first-order valence-corrected chi connectivity index (χ1v) is 15.5. The summed E-state index contributed by atoms with van der Waals surface area (Å²) in [5, 5.41) is 23.9. The number of phosphoric ester groups is 2. The largest absolute Gasteiger partial charge is 0.756 e. The monoisotopic (exact) mass is 587 g/mol. The van der Waals surface area contributed by atoms with E-state index in [1.165, 1.54) is 31.5 Å². The number of aliphatic hydroxyl groups is 2. The van der Waals surface area contributed by atoms with Crippen LogP contribution in [0.25, 0.3) is 0 Å². The number of benzene rings is 1. The second-order valence-corrected chi connectivity index (χ2v) is 12.4. The van der Waals surface area contributed by atoms with Crippen molar-refractivity contribution in [2.24, 2.45) is 5.92 Å². The van der Waals surface area contributed by atoms with Gasteiger partial charge in [-0.15, -0.1) is 0 Å². The lowest BCUT2D eigenvalue weighted by atomic mass is 9.89. The lowest BCUT2D eigenvalue weighted by Gasteiger charge is -2.31. The van der Waals surface area contributed by atoms with Crippen LogP contribution in [-0.2, 0) is 33.8 Å². The molecule has 0 amide bonds. The Bertz CT molecular complexity index is 1240. The van der Waals surface area contributed by atoms with E-state index in [9.17, 15) is 33.9 Å². The number of nitrogens with zero attached hydrogens (tertiary/aromatic N) is 2. The molecule has 3 N–H and O–H groups in total. The standard InChI is InChI=1S/C23H33N3O11P2/c27-20-18(15-35-39(32,33)37-38(30,31)34-14-17-9-5-2-6-10-17)36-22(21(20)28)26-12-11-19(25-23(26)29)24-13-16-7-3-1-4-8-16/h2,5-6,9-12,16,18,20-22,27-28H,1,3-4,7-8,13-15H2,(H,30,31)(H,32,33)(H,24,25,29)/p-2/t18-,20?,21+,22-/m1/s1. The van der Waals surface area contributed by atoms with Gasteiger partial charge in [0.25, 0.3) is 15.6 Å². The molecule has 2 heterocycles. The van der Waals surface area contributed by atoms with Crippen LogP contribution in [0.1, 0.15) is 43.9 Å². The van der Waals surface area contributed by atoms with Crippen LogP contribution in [0, 0.1) is 5.92 Å². The molecule has 1 saturated carbocycles. The van der Waals surface area contributed by atoms with Gasteiger partial charge >= 0.3 is 5.69 Å². The summed E-state index contributed by atoms with van der Waals surface area (Å²) in [6, 6.07) is 9.64. The van der Waals surface area contributed by atoms with Crippen LogP contribution in [0.5, 0.6) is 0 Å². The number of hydrogen-bond donors (Lipinski definition) is 3. The third-order valence-corrected chi connectivity index (χ3v) is 9.08. The van der Waals surface area contributed by atoms with Gasteiger partial charge in [-0.1, -0.05) is 49.6 Å². The fourth-order valence-electron chi connectivity index (χ4n) is 4.50. The van der Waals surface area contributed by atoms with Gasteiger partial charge in [-0.3, -0.25) is 13.7 Å². The van der Waals surface area contributed by atoms with Gasteiger partial charge in [0.1, 0.15) is 24.1 Å². The molecule has 14 nitrogen and oxygen atoms in total. The summed E-state index contributed by atoms with van der Waals surface area (Å²) in [6.45, 7) is -0.683. The van der Waals surface area contributed by atoms with Gasteiger partial charge < -0.3 is 39.1 Å². The molecular weight excluding hydrogens is 556 g/mol. The highest BCUT2D eigenvalue weighted by Crippen LogP contribution is 2.56. The van der Waals surface area contributed by atoms with Crippen molar-refractivity contribution in [3.63, 3.8) is 0 Å². The van der Waals surface area contributed by atoms with Crippen molar-refractivity contribution >= 4 is 21.5 Å². The summed E-state index contributed by atoms with van der Waals surface area (Å²) in [7, 11) is -10.8. The first-order valence-electron chi connectivity index (χ1n) is 12.5.